The van der Waals surface area contributed by atoms with Crippen LogP contribution in [0.25, 0.3) is 0 Å². The predicted octanol–water partition coefficient (Wildman–Crippen LogP) is 2.48. The monoisotopic (exact) mass is 370 g/mol. The third-order valence-electron chi connectivity index (χ3n) is 4.92. The Kier molecular flexibility index (Phi) is 5.78. The zero-order valence-electron chi connectivity index (χ0n) is 16.1. The van der Waals surface area contributed by atoms with Crippen molar-refractivity contribution in [3.8, 4) is 5.75 Å². The van der Waals surface area contributed by atoms with Gasteiger partial charge in [-0.05, 0) is 18.6 Å². The highest BCUT2D eigenvalue weighted by molar-refractivity contribution is 6.02. The van der Waals surface area contributed by atoms with E-state index >= 15 is 0 Å². The van der Waals surface area contributed by atoms with E-state index in [1.54, 1.807) is 41.0 Å². The van der Waals surface area contributed by atoms with Gasteiger partial charge in [-0.15, -0.1) is 0 Å². The van der Waals surface area contributed by atoms with Gasteiger partial charge in [0.25, 0.3) is 5.91 Å². The number of ether oxygens (including phenoxy) is 1. The fourth-order valence-electron chi connectivity index (χ4n) is 3.48. The molecule has 27 heavy (non-hydrogen) atoms. The summed E-state index contributed by atoms with van der Waals surface area (Å²) in [7, 11) is 3.37. The second kappa shape index (κ2) is 8.24. The van der Waals surface area contributed by atoms with E-state index in [9.17, 15) is 9.59 Å². The molecule has 1 unspecified atom stereocenters. The number of rotatable bonds is 6. The highest BCUT2D eigenvalue weighted by Gasteiger charge is 2.36. The minimum absolute atomic E-state index is 0.0414. The van der Waals surface area contributed by atoms with E-state index in [1.807, 2.05) is 24.3 Å². The van der Waals surface area contributed by atoms with E-state index in [2.05, 4.69) is 12.0 Å². The second-order valence-corrected chi connectivity index (χ2v) is 6.81. The first kappa shape index (κ1) is 18.9. The minimum Gasteiger partial charge on any atom is -0.495 e. The van der Waals surface area contributed by atoms with Crippen LogP contribution in [0.3, 0.4) is 0 Å². The van der Waals surface area contributed by atoms with Gasteiger partial charge in [-0.3, -0.25) is 14.3 Å². The van der Waals surface area contributed by atoms with Gasteiger partial charge in [0.15, 0.2) is 0 Å². The van der Waals surface area contributed by atoms with Crippen LogP contribution in [0.15, 0.2) is 36.7 Å². The summed E-state index contributed by atoms with van der Waals surface area (Å²) in [6.07, 6.45) is 6.12. The molecule has 7 heteroatoms. The molecule has 7 nitrogen and oxygen atoms in total. The van der Waals surface area contributed by atoms with Crippen LogP contribution in [-0.2, 0) is 11.8 Å². The third-order valence-corrected chi connectivity index (χ3v) is 4.92. The fourth-order valence-corrected chi connectivity index (χ4v) is 3.48. The van der Waals surface area contributed by atoms with Gasteiger partial charge in [-0.1, -0.05) is 31.9 Å². The molecule has 1 aliphatic rings. The largest absolute Gasteiger partial charge is 0.495 e. The molecule has 0 radical (unpaired) electrons. The van der Waals surface area contributed by atoms with Crippen LogP contribution in [0.1, 0.15) is 36.5 Å². The molecule has 144 valence electrons. The van der Waals surface area contributed by atoms with Gasteiger partial charge < -0.3 is 14.5 Å². The summed E-state index contributed by atoms with van der Waals surface area (Å²) >= 11 is 0. The lowest BCUT2D eigenvalue weighted by Crippen LogP contribution is -2.58. The number of hydrogen-bond acceptors (Lipinski definition) is 4. The number of amides is 2. The van der Waals surface area contributed by atoms with Gasteiger partial charge in [0.1, 0.15) is 12.3 Å². The Bertz CT molecular complexity index is 817. The Hall–Kier alpha value is -2.83. The number of piperazine rings is 1. The number of aromatic nitrogens is 2. The lowest BCUT2D eigenvalue weighted by molar-refractivity contribution is -0.121. The molecule has 0 aliphatic carbocycles. The molecule has 0 saturated carbocycles. The van der Waals surface area contributed by atoms with Crippen molar-refractivity contribution in [2.75, 3.05) is 25.1 Å². The number of hydrogen-bond donors (Lipinski definition) is 0. The van der Waals surface area contributed by atoms with Crippen molar-refractivity contribution in [2.24, 2.45) is 7.05 Å². The summed E-state index contributed by atoms with van der Waals surface area (Å²) in [5, 5.41) is 4.08. The van der Waals surface area contributed by atoms with E-state index in [0.29, 0.717) is 17.9 Å². The molecule has 1 aliphatic heterocycles. The molecular weight excluding hydrogens is 344 g/mol. The summed E-state index contributed by atoms with van der Waals surface area (Å²) in [4.78, 5) is 29.3. The Balaban J connectivity index is 1.87. The quantitative estimate of drug-likeness (QED) is 0.783. The van der Waals surface area contributed by atoms with Crippen molar-refractivity contribution in [3.05, 3.63) is 42.2 Å². The molecule has 2 heterocycles. The molecule has 2 aromatic rings. The summed E-state index contributed by atoms with van der Waals surface area (Å²) in [6.45, 7) is 2.64. The van der Waals surface area contributed by atoms with Crippen LogP contribution in [0.4, 0.5) is 5.69 Å². The maximum Gasteiger partial charge on any atom is 0.257 e. The number of carbonyl (C=O) groups excluding carboxylic acids is 2. The molecule has 1 fully saturated rings. The number of benzene rings is 1. The topological polar surface area (TPSA) is 67.7 Å². The molecule has 3 rings (SSSR count). The highest BCUT2D eigenvalue weighted by Crippen LogP contribution is 2.31. The Labute approximate surface area is 159 Å². The van der Waals surface area contributed by atoms with Crippen molar-refractivity contribution < 1.29 is 14.3 Å². The molecular formula is C20H26N4O3. The standard InChI is InChI=1S/C20H26N4O3/c1-4-5-8-16-13-24(17-9-6-7-10-18(17)27-3)19(25)14-23(16)20(26)15-11-21-22(2)12-15/h6-7,9-12,16H,4-5,8,13-14H2,1-3H3. The maximum atomic E-state index is 13.0. The molecule has 1 saturated heterocycles. The van der Waals surface area contributed by atoms with Crippen molar-refractivity contribution in [1.29, 1.82) is 0 Å². The van der Waals surface area contributed by atoms with Crippen LogP contribution in [0.5, 0.6) is 5.75 Å². The normalized spacial score (nSPS) is 17.3. The molecule has 0 spiro atoms. The van der Waals surface area contributed by atoms with Gasteiger partial charge in [0, 0.05) is 19.8 Å². The molecule has 2 amide bonds. The Morgan fingerprint density at radius 1 is 1.33 bits per heavy atom. The van der Waals surface area contributed by atoms with Gasteiger partial charge in [0.05, 0.1) is 30.6 Å². The van der Waals surface area contributed by atoms with Gasteiger partial charge in [-0.25, -0.2) is 0 Å². The second-order valence-electron chi connectivity index (χ2n) is 6.81. The van der Waals surface area contributed by atoms with E-state index in [-0.39, 0.29) is 24.4 Å². The lowest BCUT2D eigenvalue weighted by Gasteiger charge is -2.41. The smallest absolute Gasteiger partial charge is 0.257 e. The van der Waals surface area contributed by atoms with Crippen molar-refractivity contribution in [3.63, 3.8) is 0 Å². The first-order chi connectivity index (χ1) is 13.0. The lowest BCUT2D eigenvalue weighted by atomic mass is 10.0. The van der Waals surface area contributed by atoms with Crippen LogP contribution in [-0.4, -0.2) is 52.7 Å². The summed E-state index contributed by atoms with van der Waals surface area (Å²) in [5.74, 6) is 0.411. The number of anilines is 1. The SMILES string of the molecule is CCCCC1CN(c2ccccc2OC)C(=O)CN1C(=O)c1cnn(C)c1. The number of nitrogens with zero attached hydrogens (tertiary/aromatic N) is 4. The molecule has 1 aromatic carbocycles. The van der Waals surface area contributed by atoms with Gasteiger partial charge in [0.2, 0.25) is 5.91 Å². The van der Waals surface area contributed by atoms with Crippen molar-refractivity contribution in [1.82, 2.24) is 14.7 Å². The first-order valence-electron chi connectivity index (χ1n) is 9.28. The number of aryl methyl sites for hydroxylation is 1. The van der Waals surface area contributed by atoms with E-state index < -0.39 is 0 Å². The summed E-state index contributed by atoms with van der Waals surface area (Å²) in [6, 6.07) is 7.45. The van der Waals surface area contributed by atoms with Gasteiger partial charge >= 0.3 is 0 Å². The average Bonchev–Trinajstić information content (AvgIpc) is 3.12. The molecule has 0 bridgehead atoms. The van der Waals surface area contributed by atoms with Crippen LogP contribution in [0.2, 0.25) is 0 Å². The Morgan fingerprint density at radius 3 is 2.78 bits per heavy atom. The maximum absolute atomic E-state index is 13.0. The summed E-state index contributed by atoms with van der Waals surface area (Å²) in [5.41, 5.74) is 1.26. The third kappa shape index (κ3) is 3.97. The van der Waals surface area contributed by atoms with Crippen LogP contribution >= 0.6 is 0 Å². The van der Waals surface area contributed by atoms with Gasteiger partial charge in [-0.2, -0.15) is 5.10 Å². The molecule has 1 atom stereocenters. The zero-order chi connectivity index (χ0) is 19.4. The van der Waals surface area contributed by atoms with E-state index in [4.69, 9.17) is 4.74 Å². The molecule has 1 aromatic heterocycles. The fraction of sp³-hybridized carbons (Fsp3) is 0.450. The first-order valence-corrected chi connectivity index (χ1v) is 9.28. The highest BCUT2D eigenvalue weighted by atomic mass is 16.5. The minimum atomic E-state index is -0.141. The molecule has 0 N–H and O–H groups in total. The predicted molar refractivity (Wildman–Crippen MR) is 103 cm³/mol. The number of methoxy groups -OCH3 is 1. The number of para-hydroxylation sites is 2. The van der Waals surface area contributed by atoms with Crippen LogP contribution in [0, 0.1) is 0 Å². The van der Waals surface area contributed by atoms with Crippen LogP contribution < -0.4 is 9.64 Å². The Morgan fingerprint density at radius 2 is 2.11 bits per heavy atom. The van der Waals surface area contributed by atoms with Crippen molar-refractivity contribution >= 4 is 17.5 Å². The zero-order valence-corrected chi connectivity index (χ0v) is 16.1. The van der Waals surface area contributed by atoms with Crippen molar-refractivity contribution in [2.45, 2.75) is 32.2 Å². The summed E-state index contributed by atoms with van der Waals surface area (Å²) < 4.78 is 7.02. The number of unbranched alkanes of at least 4 members (excludes halogenated alkanes) is 1. The number of carbonyl (C=O) groups is 2. The average molecular weight is 370 g/mol. The van der Waals surface area contributed by atoms with E-state index in [1.165, 1.54) is 0 Å². The van der Waals surface area contributed by atoms with E-state index in [0.717, 1.165) is 24.9 Å².